The molecular weight excluding hydrogens is 541 g/mol. The molecular formula is C14H29N4O14P3. The Morgan fingerprint density at radius 1 is 1.00 bits per heavy atom. The normalized spacial score (nSPS) is 28.7. The number of amides is 1. The molecule has 0 spiro atoms. The predicted molar refractivity (Wildman–Crippen MR) is 113 cm³/mol. The van der Waals surface area contributed by atoms with Gasteiger partial charge >= 0.3 is 0 Å². The molecule has 18 nitrogen and oxygen atoms in total. The molecule has 1 aromatic rings. The van der Waals surface area contributed by atoms with Gasteiger partial charge in [-0.2, -0.15) is 0 Å². The molecule has 0 radical (unpaired) electrons. The van der Waals surface area contributed by atoms with Gasteiger partial charge in [-0.15, -0.1) is 0 Å². The number of aliphatic hydroxyl groups is 2. The quantitative estimate of drug-likeness (QED) is 0.198. The van der Waals surface area contributed by atoms with Crippen LogP contribution in [0.4, 0.5) is 0 Å². The smallest absolute Gasteiger partial charge is 0.280 e. The van der Waals surface area contributed by atoms with E-state index < -0.39 is 60.5 Å². The summed E-state index contributed by atoms with van der Waals surface area (Å²) >= 11 is 0. The summed E-state index contributed by atoms with van der Waals surface area (Å²) in [5, 5.41) is 20.4. The van der Waals surface area contributed by atoms with Crippen LogP contribution in [0.1, 0.15) is 15.9 Å². The summed E-state index contributed by atoms with van der Waals surface area (Å²) in [5.41, 5.74) is 1.15. The first kappa shape index (κ1) is 33.9. The lowest BCUT2D eigenvalue weighted by Crippen LogP contribution is -2.50. The van der Waals surface area contributed by atoms with E-state index in [1.165, 1.54) is 0 Å². The van der Waals surface area contributed by atoms with Gasteiger partial charge in [0.25, 0.3) is 29.4 Å². The number of carbonyl (C=O) groups excluding carboxylic acids is 1. The van der Waals surface area contributed by atoms with Gasteiger partial charge in [-0.25, -0.2) is 8.62 Å². The van der Waals surface area contributed by atoms with Gasteiger partial charge in [-0.3, -0.25) is 18.5 Å². The highest BCUT2D eigenvalue weighted by atomic mass is 31.3. The Morgan fingerprint density at radius 3 is 2.20 bits per heavy atom. The predicted octanol–water partition coefficient (Wildman–Crippen LogP) is -1.29. The summed E-state index contributed by atoms with van der Waals surface area (Å²) in [6.45, 7) is -0.934. The molecule has 0 saturated carbocycles. The maximum absolute atomic E-state index is 12.7. The van der Waals surface area contributed by atoms with E-state index in [0.717, 1.165) is 10.5 Å². The van der Waals surface area contributed by atoms with Crippen LogP contribution in [0.2, 0.25) is 0 Å². The lowest BCUT2D eigenvalue weighted by atomic mass is 9.98. The van der Waals surface area contributed by atoms with E-state index in [-0.39, 0.29) is 25.0 Å². The lowest BCUT2D eigenvalue weighted by molar-refractivity contribution is -0.250. The van der Waals surface area contributed by atoms with Crippen molar-refractivity contribution in [1.29, 1.82) is 0 Å². The summed E-state index contributed by atoms with van der Waals surface area (Å²) in [5.74, 6) is -0.488. The molecule has 3 unspecified atom stereocenters. The first-order chi connectivity index (χ1) is 14.7. The second kappa shape index (κ2) is 12.4. The number of hydrogen-bond acceptors (Lipinski definition) is 13. The van der Waals surface area contributed by atoms with Crippen molar-refractivity contribution in [3.63, 3.8) is 0 Å². The summed E-state index contributed by atoms with van der Waals surface area (Å²) in [6, 6.07) is 6.73. The third-order valence-corrected chi connectivity index (χ3v) is 8.27. The molecule has 2 aliphatic rings. The van der Waals surface area contributed by atoms with E-state index in [1.54, 1.807) is 24.3 Å². The monoisotopic (exact) mass is 570 g/mol. The van der Waals surface area contributed by atoms with Gasteiger partial charge in [-0.1, -0.05) is 18.2 Å². The number of nitrogens with zero attached hydrogens (tertiary/aromatic N) is 1. The largest absolute Gasteiger partial charge is 0.756 e. The first-order valence-electron chi connectivity index (χ1n) is 8.83. The third-order valence-electron chi connectivity index (χ3n) is 4.58. The van der Waals surface area contributed by atoms with Crippen LogP contribution in [-0.2, 0) is 38.0 Å². The molecule has 0 bridgehead atoms. The SMILES string of the molecule is O=C1c2ccccc2CCN1[C@@H]1O[C@H](COP(=O)([O-])OP(=O)([O-])OP(=O)([O-])O)[C@@H](O)[C@H]1O.[NH4+].[NH4+].[NH4+]. The van der Waals surface area contributed by atoms with Crippen LogP contribution < -0.4 is 33.1 Å². The van der Waals surface area contributed by atoms with Crippen LogP contribution in [0.25, 0.3) is 0 Å². The molecule has 1 saturated heterocycles. The topological polar surface area (TPSA) is 348 Å². The van der Waals surface area contributed by atoms with Crippen LogP contribution in [0.15, 0.2) is 24.3 Å². The fraction of sp³-hybridized carbons (Fsp3) is 0.500. The molecule has 15 N–H and O–H groups in total. The number of aliphatic hydroxyl groups excluding tert-OH is 2. The molecule has 1 fully saturated rings. The van der Waals surface area contributed by atoms with Gasteiger partial charge in [0, 0.05) is 12.1 Å². The van der Waals surface area contributed by atoms with E-state index in [2.05, 4.69) is 13.1 Å². The number of phosphoric acid groups is 3. The number of ether oxygens (including phenoxy) is 1. The zero-order valence-corrected chi connectivity index (χ0v) is 21.5. The molecule has 1 aromatic carbocycles. The van der Waals surface area contributed by atoms with Crippen LogP contribution >= 0.6 is 23.5 Å². The fourth-order valence-electron chi connectivity index (χ4n) is 3.26. The lowest BCUT2D eigenvalue weighted by Gasteiger charge is -2.34. The number of carbonyl (C=O) groups is 1. The molecule has 7 atom stereocenters. The minimum Gasteiger partial charge on any atom is -0.756 e. The van der Waals surface area contributed by atoms with Crippen molar-refractivity contribution in [2.45, 2.75) is 31.0 Å². The number of quaternary nitrogens is 3. The summed E-state index contributed by atoms with van der Waals surface area (Å²) in [4.78, 5) is 55.5. The summed E-state index contributed by atoms with van der Waals surface area (Å²) < 4.78 is 49.5. The van der Waals surface area contributed by atoms with E-state index in [1.807, 2.05) is 0 Å². The van der Waals surface area contributed by atoms with E-state index in [4.69, 9.17) is 9.63 Å². The molecule has 2 heterocycles. The number of hydrogen-bond donors (Lipinski definition) is 6. The van der Waals surface area contributed by atoms with Crippen molar-refractivity contribution >= 4 is 29.4 Å². The van der Waals surface area contributed by atoms with E-state index in [9.17, 15) is 43.4 Å². The van der Waals surface area contributed by atoms with Gasteiger partial charge in [-0.05, 0) is 18.1 Å². The van der Waals surface area contributed by atoms with Crippen molar-refractivity contribution in [3.8, 4) is 0 Å². The number of fused-ring (bicyclic) bond motifs is 1. The highest BCUT2D eigenvalue weighted by molar-refractivity contribution is 7.65. The van der Waals surface area contributed by atoms with Gasteiger partial charge in [0.1, 0.15) is 18.3 Å². The van der Waals surface area contributed by atoms with Gasteiger partial charge in [0.05, 0.1) is 6.61 Å². The van der Waals surface area contributed by atoms with Gasteiger partial charge in [0.2, 0.25) is 0 Å². The van der Waals surface area contributed by atoms with Crippen LogP contribution in [0.5, 0.6) is 0 Å². The van der Waals surface area contributed by atoms with Crippen LogP contribution in [0, 0.1) is 0 Å². The molecule has 204 valence electrons. The van der Waals surface area contributed by atoms with Crippen molar-refractivity contribution in [2.24, 2.45) is 0 Å². The molecule has 3 rings (SSSR count). The van der Waals surface area contributed by atoms with Crippen molar-refractivity contribution in [1.82, 2.24) is 23.4 Å². The Balaban J connectivity index is 0.00000385. The second-order valence-corrected chi connectivity index (χ2v) is 11.1. The average molecular weight is 570 g/mol. The zero-order valence-electron chi connectivity index (χ0n) is 18.9. The molecule has 0 aromatic heterocycles. The average Bonchev–Trinajstić information content (AvgIpc) is 2.92. The highest BCUT2D eigenvalue weighted by Gasteiger charge is 2.48. The molecule has 35 heavy (non-hydrogen) atoms. The Hall–Kier alpha value is -1.14. The first-order valence-corrected chi connectivity index (χ1v) is 13.2. The number of benzene rings is 1. The maximum Gasteiger partial charge on any atom is 0.280 e. The highest BCUT2D eigenvalue weighted by Crippen LogP contribution is 2.61. The van der Waals surface area contributed by atoms with E-state index >= 15 is 0 Å². The van der Waals surface area contributed by atoms with Crippen LogP contribution in [0.3, 0.4) is 0 Å². The van der Waals surface area contributed by atoms with Crippen LogP contribution in [-0.4, -0.2) is 63.6 Å². The number of phosphoric ester groups is 1. The van der Waals surface area contributed by atoms with E-state index in [0.29, 0.717) is 12.0 Å². The molecule has 0 aliphatic carbocycles. The molecule has 21 heteroatoms. The standard InChI is InChI=1S/C14H20NO14P3.3H3N/c16-11-10(7-26-31(22,23)29-32(24,25)28-30(19,20)21)27-14(12(11)17)15-6-5-8-3-1-2-4-9(8)13(15)18;;;/h1-4,10-12,14,16-17H,5-7H2,(H,22,23)(H,24,25)(H2,19,20,21);3*1H3/t10-,11-,12-,14-;;;/m1.../s1. The zero-order chi connectivity index (χ0) is 23.9. The minimum absolute atomic E-state index is 0. The van der Waals surface area contributed by atoms with Gasteiger partial charge in [0.15, 0.2) is 6.23 Å². The Morgan fingerprint density at radius 2 is 1.60 bits per heavy atom. The van der Waals surface area contributed by atoms with Crippen molar-refractivity contribution in [3.05, 3.63) is 35.4 Å². The Bertz CT molecular complexity index is 1020. The second-order valence-electron chi connectivity index (χ2n) is 6.77. The Labute approximate surface area is 199 Å². The van der Waals surface area contributed by atoms with Crippen molar-refractivity contribution in [2.75, 3.05) is 13.2 Å². The molecule has 2 aliphatic heterocycles. The molecule has 1 amide bonds. The summed E-state index contributed by atoms with van der Waals surface area (Å²) in [6.07, 6.45) is -5.86. The Kier molecular flexibility index (Phi) is 12.0. The maximum atomic E-state index is 12.7. The fourth-order valence-corrected chi connectivity index (χ4v) is 6.16. The van der Waals surface area contributed by atoms with Crippen molar-refractivity contribution < 1.29 is 66.2 Å². The minimum atomic E-state index is -6.08. The number of rotatable bonds is 8. The summed E-state index contributed by atoms with van der Waals surface area (Å²) in [7, 11) is -17.7. The third kappa shape index (κ3) is 8.45. The van der Waals surface area contributed by atoms with Gasteiger partial charge < -0.3 is 62.4 Å².